The number of nitrogens with zero attached hydrogens (tertiary/aromatic N) is 1. The van der Waals surface area contributed by atoms with Crippen LogP contribution in [-0.2, 0) is 13.1 Å². The number of rotatable bonds is 6. The van der Waals surface area contributed by atoms with Crippen LogP contribution in [-0.4, -0.2) is 24.0 Å². The smallest absolute Gasteiger partial charge is 0.0233 e. The first-order chi connectivity index (χ1) is 12.1. The minimum atomic E-state index is 0.808. The van der Waals surface area contributed by atoms with Crippen molar-refractivity contribution in [3.05, 3.63) is 66.8 Å². The Morgan fingerprint density at radius 1 is 0.920 bits per heavy atom. The number of hydrogen-bond acceptors (Lipinski definition) is 2. The van der Waals surface area contributed by atoms with Crippen LogP contribution in [0.3, 0.4) is 0 Å². The molecule has 0 spiro atoms. The fraction of sp³-hybridized carbons (Fsp3) is 0.429. The second-order valence-corrected chi connectivity index (χ2v) is 9.55. The van der Waals surface area contributed by atoms with Gasteiger partial charge in [0.25, 0.3) is 0 Å². The van der Waals surface area contributed by atoms with Crippen molar-refractivity contribution in [3.63, 3.8) is 0 Å². The fourth-order valence-corrected chi connectivity index (χ4v) is 3.98. The van der Waals surface area contributed by atoms with E-state index in [1.165, 1.54) is 44.0 Å². The molecule has 2 nitrogen and oxygen atoms in total. The average Bonchev–Trinajstić information content (AvgIpc) is 3.48. The maximum atomic E-state index is 3.50. The summed E-state index contributed by atoms with van der Waals surface area (Å²) in [7, 11) is 2.22. The Morgan fingerprint density at radius 3 is 2.08 bits per heavy atom. The van der Waals surface area contributed by atoms with Crippen molar-refractivity contribution in [2.45, 2.75) is 50.9 Å². The number of benzene rings is 2. The summed E-state index contributed by atoms with van der Waals surface area (Å²) in [6.07, 6.45) is 5.51. The maximum Gasteiger partial charge on any atom is 0.0233 e. The summed E-state index contributed by atoms with van der Waals surface area (Å²) in [5, 5.41) is 3.50. The third-order valence-corrected chi connectivity index (χ3v) is 5.89. The molecule has 0 aliphatic heterocycles. The number of nitrogens with one attached hydrogen (secondary N) is 1. The summed E-state index contributed by atoms with van der Waals surface area (Å²) in [5.41, 5.74) is 2.83. The molecule has 2 fully saturated rings. The lowest BCUT2D eigenvalue weighted by Gasteiger charge is -2.15. The topological polar surface area (TPSA) is 15.3 Å². The molecule has 0 amide bonds. The second kappa shape index (κ2) is 9.67. The zero-order valence-corrected chi connectivity index (χ0v) is 19.0. The average molecular weight is 560 g/mol. The first-order valence-corrected chi connectivity index (χ1v) is 11.2. The molecular weight excluding hydrogens is 534 g/mol. The van der Waals surface area contributed by atoms with Gasteiger partial charge in [-0.25, -0.2) is 0 Å². The quantitative estimate of drug-likeness (QED) is 0.475. The van der Waals surface area contributed by atoms with Gasteiger partial charge in [0.2, 0.25) is 0 Å². The Morgan fingerprint density at radius 2 is 1.52 bits per heavy atom. The van der Waals surface area contributed by atoms with Gasteiger partial charge in [0.05, 0.1) is 0 Å². The van der Waals surface area contributed by atoms with Crippen LogP contribution in [0.25, 0.3) is 0 Å². The molecule has 2 aliphatic carbocycles. The summed E-state index contributed by atoms with van der Waals surface area (Å²) >= 11 is 4.72. The van der Waals surface area contributed by atoms with Crippen LogP contribution < -0.4 is 5.32 Å². The Bertz CT molecular complexity index is 681. The summed E-state index contributed by atoms with van der Waals surface area (Å²) < 4.78 is 2.65. The molecule has 0 radical (unpaired) electrons. The molecule has 2 aromatic carbocycles. The zero-order valence-electron chi connectivity index (χ0n) is 14.7. The molecule has 25 heavy (non-hydrogen) atoms. The summed E-state index contributed by atoms with van der Waals surface area (Å²) in [5.74, 6) is 0. The highest BCUT2D eigenvalue weighted by atomic mass is 127. The summed E-state index contributed by atoms with van der Waals surface area (Å²) in [6.45, 7) is 2.13. The highest BCUT2D eigenvalue weighted by molar-refractivity contribution is 14.1. The van der Waals surface area contributed by atoms with Crippen molar-refractivity contribution in [2.24, 2.45) is 0 Å². The fourth-order valence-electron chi connectivity index (χ4n) is 2.76. The van der Waals surface area contributed by atoms with Gasteiger partial charge in [0, 0.05) is 32.3 Å². The van der Waals surface area contributed by atoms with Crippen molar-refractivity contribution in [1.29, 1.82) is 0 Å². The largest absolute Gasteiger partial charge is 0.310 e. The molecule has 1 N–H and O–H groups in total. The van der Waals surface area contributed by atoms with Crippen molar-refractivity contribution in [3.8, 4) is 0 Å². The van der Waals surface area contributed by atoms with E-state index < -0.39 is 0 Å². The third-order valence-electron chi connectivity index (χ3n) is 4.55. The van der Waals surface area contributed by atoms with Crippen LogP contribution >= 0.6 is 45.2 Å². The molecule has 2 saturated carbocycles. The molecule has 2 aromatic rings. The van der Waals surface area contributed by atoms with Gasteiger partial charge in [0.15, 0.2) is 0 Å². The Balaban J connectivity index is 0.000000146. The van der Waals surface area contributed by atoms with Gasteiger partial charge in [0.1, 0.15) is 0 Å². The first kappa shape index (κ1) is 19.6. The minimum Gasteiger partial charge on any atom is -0.310 e. The van der Waals surface area contributed by atoms with E-state index in [0.29, 0.717) is 0 Å². The van der Waals surface area contributed by atoms with Gasteiger partial charge in [-0.05, 0) is 113 Å². The van der Waals surface area contributed by atoms with E-state index in [2.05, 4.69) is 111 Å². The van der Waals surface area contributed by atoms with Crippen molar-refractivity contribution >= 4 is 45.2 Å². The van der Waals surface area contributed by atoms with Crippen molar-refractivity contribution in [1.82, 2.24) is 10.2 Å². The molecule has 0 heterocycles. The Hall–Kier alpha value is -0.180. The normalized spacial score (nSPS) is 16.5. The van der Waals surface area contributed by atoms with E-state index in [1.54, 1.807) is 0 Å². The third kappa shape index (κ3) is 7.53. The van der Waals surface area contributed by atoms with Crippen LogP contribution in [0.5, 0.6) is 0 Å². The van der Waals surface area contributed by atoms with E-state index in [1.807, 2.05) is 0 Å². The van der Waals surface area contributed by atoms with Gasteiger partial charge in [-0.1, -0.05) is 24.3 Å². The molecule has 0 bridgehead atoms. The predicted molar refractivity (Wildman–Crippen MR) is 123 cm³/mol. The molecule has 4 rings (SSSR count). The van der Waals surface area contributed by atoms with E-state index in [4.69, 9.17) is 0 Å². The van der Waals surface area contributed by atoms with E-state index >= 15 is 0 Å². The molecule has 134 valence electrons. The molecular formula is C21H26I2N2. The Labute approximate surface area is 179 Å². The molecule has 0 unspecified atom stereocenters. The second-order valence-electron chi connectivity index (χ2n) is 7.06. The van der Waals surface area contributed by atoms with Gasteiger partial charge in [-0.3, -0.25) is 4.90 Å². The SMILES string of the molecule is CN(Cc1cccc(I)c1)C1CC1.Ic1cccc(CNC2CC2)c1. The molecule has 0 aromatic heterocycles. The van der Waals surface area contributed by atoms with E-state index in [9.17, 15) is 0 Å². The standard InChI is InChI=1S/C11H14IN.C10H12IN/c1-13(11-5-6-11)8-9-3-2-4-10(12)7-9;11-9-3-1-2-8(6-9)7-12-10-4-5-10/h2-4,7,11H,5-6,8H2,1H3;1-3,6,10,12H,4-5,7H2. The Kier molecular flexibility index (Phi) is 7.57. The van der Waals surface area contributed by atoms with Gasteiger partial charge < -0.3 is 5.32 Å². The highest BCUT2D eigenvalue weighted by Gasteiger charge is 2.25. The first-order valence-electron chi connectivity index (χ1n) is 9.02. The van der Waals surface area contributed by atoms with Gasteiger partial charge in [-0.2, -0.15) is 0 Å². The zero-order chi connectivity index (χ0) is 17.6. The summed E-state index contributed by atoms with van der Waals surface area (Å²) in [4.78, 5) is 2.45. The lowest BCUT2D eigenvalue weighted by Crippen LogP contribution is -2.19. The molecule has 2 aliphatic rings. The van der Waals surface area contributed by atoms with E-state index in [-0.39, 0.29) is 0 Å². The van der Waals surface area contributed by atoms with Crippen molar-refractivity contribution in [2.75, 3.05) is 7.05 Å². The van der Waals surface area contributed by atoms with Crippen LogP contribution in [0, 0.1) is 7.14 Å². The minimum absolute atomic E-state index is 0.808. The maximum absolute atomic E-state index is 3.50. The molecule has 4 heteroatoms. The number of hydrogen-bond donors (Lipinski definition) is 1. The molecule has 0 saturated heterocycles. The van der Waals surface area contributed by atoms with Crippen LogP contribution in [0.15, 0.2) is 48.5 Å². The van der Waals surface area contributed by atoms with Crippen LogP contribution in [0.4, 0.5) is 0 Å². The van der Waals surface area contributed by atoms with Crippen LogP contribution in [0.1, 0.15) is 36.8 Å². The van der Waals surface area contributed by atoms with Crippen molar-refractivity contribution < 1.29 is 0 Å². The summed E-state index contributed by atoms with van der Waals surface area (Å²) in [6, 6.07) is 19.1. The lowest BCUT2D eigenvalue weighted by atomic mass is 10.2. The number of halogens is 2. The highest BCUT2D eigenvalue weighted by Crippen LogP contribution is 2.26. The monoisotopic (exact) mass is 560 g/mol. The van der Waals surface area contributed by atoms with Gasteiger partial charge >= 0.3 is 0 Å². The van der Waals surface area contributed by atoms with E-state index in [0.717, 1.165) is 25.2 Å². The molecule has 0 atom stereocenters. The lowest BCUT2D eigenvalue weighted by molar-refractivity contribution is 0.316. The predicted octanol–water partition coefficient (Wildman–Crippen LogP) is 5.43. The van der Waals surface area contributed by atoms with Gasteiger partial charge in [-0.15, -0.1) is 0 Å². The van der Waals surface area contributed by atoms with Crippen LogP contribution in [0.2, 0.25) is 0 Å².